The molecule has 0 spiro atoms. The SMILES string of the molecule is COc1ccc(OC)c(C2CCCN2)c1.Cl. The Morgan fingerprint density at radius 2 is 2.06 bits per heavy atom. The molecule has 1 aliphatic heterocycles. The molecule has 1 unspecified atom stereocenters. The Labute approximate surface area is 103 Å². The van der Waals surface area contributed by atoms with Crippen LogP contribution in [0, 0.1) is 0 Å². The van der Waals surface area contributed by atoms with Gasteiger partial charge < -0.3 is 14.8 Å². The fourth-order valence-electron chi connectivity index (χ4n) is 2.06. The van der Waals surface area contributed by atoms with E-state index in [0.717, 1.165) is 18.0 Å². The van der Waals surface area contributed by atoms with E-state index in [2.05, 4.69) is 11.4 Å². The molecule has 1 aliphatic rings. The van der Waals surface area contributed by atoms with Crippen molar-refractivity contribution in [1.29, 1.82) is 0 Å². The highest BCUT2D eigenvalue weighted by molar-refractivity contribution is 5.85. The number of hydrogen-bond donors (Lipinski definition) is 1. The molecule has 90 valence electrons. The number of benzene rings is 1. The lowest BCUT2D eigenvalue weighted by Gasteiger charge is -2.15. The highest BCUT2D eigenvalue weighted by atomic mass is 35.5. The maximum Gasteiger partial charge on any atom is 0.123 e. The van der Waals surface area contributed by atoms with Crippen LogP contribution < -0.4 is 14.8 Å². The number of hydrogen-bond acceptors (Lipinski definition) is 3. The number of nitrogens with one attached hydrogen (secondary N) is 1. The first-order valence-corrected chi connectivity index (χ1v) is 5.30. The molecule has 0 aromatic heterocycles. The highest BCUT2D eigenvalue weighted by Crippen LogP contribution is 2.33. The molecule has 0 amide bonds. The first-order valence-electron chi connectivity index (χ1n) is 5.30. The summed E-state index contributed by atoms with van der Waals surface area (Å²) in [5.74, 6) is 1.83. The van der Waals surface area contributed by atoms with Gasteiger partial charge in [0.25, 0.3) is 0 Å². The van der Waals surface area contributed by atoms with Gasteiger partial charge in [0.1, 0.15) is 11.5 Å². The first-order chi connectivity index (χ1) is 7.35. The molecule has 1 atom stereocenters. The van der Waals surface area contributed by atoms with Crippen LogP contribution in [0.2, 0.25) is 0 Å². The number of methoxy groups -OCH3 is 2. The summed E-state index contributed by atoms with van der Waals surface area (Å²) in [6.07, 6.45) is 2.40. The third-order valence-electron chi connectivity index (χ3n) is 2.87. The van der Waals surface area contributed by atoms with Crippen LogP contribution in [0.4, 0.5) is 0 Å². The number of rotatable bonds is 3. The van der Waals surface area contributed by atoms with E-state index in [9.17, 15) is 0 Å². The van der Waals surface area contributed by atoms with E-state index in [1.54, 1.807) is 14.2 Å². The van der Waals surface area contributed by atoms with Gasteiger partial charge in [-0.2, -0.15) is 0 Å². The molecule has 4 heteroatoms. The standard InChI is InChI=1S/C12H17NO2.ClH/c1-14-9-5-6-12(15-2)10(8-9)11-4-3-7-13-11;/h5-6,8,11,13H,3-4,7H2,1-2H3;1H. The van der Waals surface area contributed by atoms with Gasteiger partial charge in [-0.3, -0.25) is 0 Å². The van der Waals surface area contributed by atoms with Crippen molar-refractivity contribution < 1.29 is 9.47 Å². The highest BCUT2D eigenvalue weighted by Gasteiger charge is 2.20. The quantitative estimate of drug-likeness (QED) is 0.885. The van der Waals surface area contributed by atoms with Gasteiger partial charge in [0.2, 0.25) is 0 Å². The van der Waals surface area contributed by atoms with Gasteiger partial charge >= 0.3 is 0 Å². The zero-order chi connectivity index (χ0) is 10.7. The molecule has 1 aromatic rings. The zero-order valence-electron chi connectivity index (χ0n) is 9.66. The molecule has 1 aromatic carbocycles. The fraction of sp³-hybridized carbons (Fsp3) is 0.500. The lowest BCUT2D eigenvalue weighted by atomic mass is 10.0. The van der Waals surface area contributed by atoms with Crippen molar-refractivity contribution in [3.05, 3.63) is 23.8 Å². The van der Waals surface area contributed by atoms with Gasteiger partial charge in [0.15, 0.2) is 0 Å². The van der Waals surface area contributed by atoms with Crippen LogP contribution in [0.15, 0.2) is 18.2 Å². The fourth-order valence-corrected chi connectivity index (χ4v) is 2.06. The molecule has 3 nitrogen and oxygen atoms in total. The monoisotopic (exact) mass is 243 g/mol. The molecule has 16 heavy (non-hydrogen) atoms. The van der Waals surface area contributed by atoms with E-state index in [0.29, 0.717) is 6.04 Å². The maximum atomic E-state index is 5.36. The Morgan fingerprint density at radius 3 is 2.62 bits per heavy atom. The Hall–Kier alpha value is -0.930. The van der Waals surface area contributed by atoms with Crippen LogP contribution in [0.1, 0.15) is 24.4 Å². The molecule has 1 saturated heterocycles. The smallest absolute Gasteiger partial charge is 0.123 e. The molecule has 2 rings (SSSR count). The normalized spacial score (nSPS) is 19.0. The molecule has 0 saturated carbocycles. The van der Waals surface area contributed by atoms with Crippen molar-refractivity contribution >= 4 is 12.4 Å². The summed E-state index contributed by atoms with van der Waals surface area (Å²) >= 11 is 0. The van der Waals surface area contributed by atoms with Crippen molar-refractivity contribution in [2.24, 2.45) is 0 Å². The summed E-state index contributed by atoms with van der Waals surface area (Å²) in [4.78, 5) is 0. The van der Waals surface area contributed by atoms with Crippen molar-refractivity contribution in [3.63, 3.8) is 0 Å². The van der Waals surface area contributed by atoms with Gasteiger partial charge in [-0.15, -0.1) is 12.4 Å². The van der Waals surface area contributed by atoms with Crippen molar-refractivity contribution in [1.82, 2.24) is 5.32 Å². The lowest BCUT2D eigenvalue weighted by molar-refractivity contribution is 0.393. The predicted molar refractivity (Wildman–Crippen MR) is 66.8 cm³/mol. The van der Waals surface area contributed by atoms with E-state index in [4.69, 9.17) is 9.47 Å². The second-order valence-electron chi connectivity index (χ2n) is 3.76. The van der Waals surface area contributed by atoms with Crippen molar-refractivity contribution in [3.8, 4) is 11.5 Å². The number of halogens is 1. The van der Waals surface area contributed by atoms with Crippen LogP contribution in [0.3, 0.4) is 0 Å². The zero-order valence-corrected chi connectivity index (χ0v) is 10.5. The van der Waals surface area contributed by atoms with E-state index in [1.807, 2.05) is 12.1 Å². The summed E-state index contributed by atoms with van der Waals surface area (Å²) in [5, 5.41) is 3.46. The summed E-state index contributed by atoms with van der Waals surface area (Å²) in [5.41, 5.74) is 1.20. The van der Waals surface area contributed by atoms with Crippen molar-refractivity contribution in [2.45, 2.75) is 18.9 Å². The van der Waals surface area contributed by atoms with Crippen LogP contribution in [-0.4, -0.2) is 20.8 Å². The van der Waals surface area contributed by atoms with Crippen LogP contribution in [0.5, 0.6) is 11.5 Å². The Balaban J connectivity index is 0.00000128. The largest absolute Gasteiger partial charge is 0.497 e. The van der Waals surface area contributed by atoms with E-state index in [-0.39, 0.29) is 12.4 Å². The molecule has 1 heterocycles. The number of ether oxygens (including phenoxy) is 2. The topological polar surface area (TPSA) is 30.5 Å². The third-order valence-corrected chi connectivity index (χ3v) is 2.87. The van der Waals surface area contributed by atoms with E-state index >= 15 is 0 Å². The second-order valence-corrected chi connectivity index (χ2v) is 3.76. The predicted octanol–water partition coefficient (Wildman–Crippen LogP) is 2.55. The minimum absolute atomic E-state index is 0. The van der Waals surface area contributed by atoms with Gasteiger partial charge in [0, 0.05) is 11.6 Å². The van der Waals surface area contributed by atoms with E-state index < -0.39 is 0 Å². The third kappa shape index (κ3) is 2.60. The van der Waals surface area contributed by atoms with Gasteiger partial charge in [-0.1, -0.05) is 0 Å². The average molecular weight is 244 g/mol. The lowest BCUT2D eigenvalue weighted by Crippen LogP contribution is -2.13. The summed E-state index contributed by atoms with van der Waals surface area (Å²) in [7, 11) is 3.40. The summed E-state index contributed by atoms with van der Waals surface area (Å²) < 4.78 is 10.6. The van der Waals surface area contributed by atoms with Crippen molar-refractivity contribution in [2.75, 3.05) is 20.8 Å². The van der Waals surface area contributed by atoms with Crippen LogP contribution >= 0.6 is 12.4 Å². The molecule has 0 radical (unpaired) electrons. The molecular formula is C12H18ClNO2. The Kier molecular flexibility index (Phi) is 4.90. The molecule has 0 bridgehead atoms. The van der Waals surface area contributed by atoms with Crippen LogP contribution in [-0.2, 0) is 0 Å². The Bertz CT molecular complexity index is 338. The van der Waals surface area contributed by atoms with E-state index in [1.165, 1.54) is 18.4 Å². The summed E-state index contributed by atoms with van der Waals surface area (Å²) in [6.45, 7) is 1.09. The molecule has 0 aliphatic carbocycles. The van der Waals surface area contributed by atoms with Gasteiger partial charge in [-0.05, 0) is 37.6 Å². The average Bonchev–Trinajstić information content (AvgIpc) is 2.81. The van der Waals surface area contributed by atoms with Crippen LogP contribution in [0.25, 0.3) is 0 Å². The summed E-state index contributed by atoms with van der Waals surface area (Å²) in [6, 6.07) is 6.36. The minimum atomic E-state index is 0. The second kappa shape index (κ2) is 5.97. The Morgan fingerprint density at radius 1 is 1.25 bits per heavy atom. The van der Waals surface area contributed by atoms with Gasteiger partial charge in [0.05, 0.1) is 14.2 Å². The van der Waals surface area contributed by atoms with Gasteiger partial charge in [-0.25, -0.2) is 0 Å². The minimum Gasteiger partial charge on any atom is -0.497 e. The maximum absolute atomic E-state index is 5.36. The molecule has 1 N–H and O–H groups in total. The molecular weight excluding hydrogens is 226 g/mol. The molecule has 1 fully saturated rings. The first kappa shape index (κ1) is 13.1.